The third-order valence-corrected chi connectivity index (χ3v) is 3.01. The van der Waals surface area contributed by atoms with Crippen LogP contribution < -0.4 is 11.1 Å². The van der Waals surface area contributed by atoms with Crippen molar-refractivity contribution in [1.82, 2.24) is 10.2 Å². The van der Waals surface area contributed by atoms with Gasteiger partial charge in [-0.2, -0.15) is 0 Å². The van der Waals surface area contributed by atoms with Gasteiger partial charge in [-0.25, -0.2) is 0 Å². The quantitative estimate of drug-likeness (QED) is 0.678. The van der Waals surface area contributed by atoms with Crippen LogP contribution in [0.15, 0.2) is 0 Å². The number of rotatable bonds is 6. The Labute approximate surface area is 104 Å². The van der Waals surface area contributed by atoms with Crippen LogP contribution >= 0.6 is 0 Å². The van der Waals surface area contributed by atoms with Crippen LogP contribution in [0.25, 0.3) is 0 Å². The molecule has 1 saturated heterocycles. The number of nitrogens with two attached hydrogens (primary N) is 1. The highest BCUT2D eigenvalue weighted by Gasteiger charge is 2.23. The first-order valence-corrected chi connectivity index (χ1v) is 6.42. The molecular weight excluding hydrogens is 218 g/mol. The van der Waals surface area contributed by atoms with E-state index in [9.17, 15) is 4.79 Å². The smallest absolute Gasteiger partial charge is 0.234 e. The number of carbonyl (C=O) groups excluding carboxylic acids is 1. The van der Waals surface area contributed by atoms with Crippen LogP contribution in [0.4, 0.5) is 0 Å². The molecule has 0 aromatic rings. The van der Waals surface area contributed by atoms with Crippen LogP contribution in [0.2, 0.25) is 0 Å². The molecule has 3 N–H and O–H groups in total. The van der Waals surface area contributed by atoms with E-state index in [0.29, 0.717) is 32.2 Å². The molecule has 0 saturated carbocycles. The van der Waals surface area contributed by atoms with Gasteiger partial charge in [-0.15, -0.1) is 0 Å². The minimum absolute atomic E-state index is 0.0889. The average Bonchev–Trinajstić information content (AvgIpc) is 2.29. The summed E-state index contributed by atoms with van der Waals surface area (Å²) in [7, 11) is 0. The van der Waals surface area contributed by atoms with E-state index in [-0.39, 0.29) is 11.9 Å². The second-order valence-corrected chi connectivity index (χ2v) is 4.97. The normalized spacial score (nSPS) is 21.8. The second kappa shape index (κ2) is 7.63. The highest BCUT2D eigenvalue weighted by atomic mass is 16.5. The van der Waals surface area contributed by atoms with Gasteiger partial charge in [-0.1, -0.05) is 13.8 Å². The van der Waals surface area contributed by atoms with Crippen LogP contribution in [-0.4, -0.2) is 56.2 Å². The average molecular weight is 243 g/mol. The lowest BCUT2D eigenvalue weighted by Gasteiger charge is -2.34. The maximum absolute atomic E-state index is 11.7. The summed E-state index contributed by atoms with van der Waals surface area (Å²) in [6, 6.07) is 0.180. The molecule has 0 spiro atoms. The lowest BCUT2D eigenvalue weighted by Crippen LogP contribution is -2.52. The van der Waals surface area contributed by atoms with Gasteiger partial charge in [0, 0.05) is 25.7 Å². The monoisotopic (exact) mass is 243 g/mol. The first-order valence-electron chi connectivity index (χ1n) is 6.42. The van der Waals surface area contributed by atoms with Crippen molar-refractivity contribution in [2.75, 3.05) is 39.4 Å². The van der Waals surface area contributed by atoms with Gasteiger partial charge >= 0.3 is 0 Å². The molecule has 0 radical (unpaired) electrons. The number of nitrogens with zero attached hydrogens (tertiary/aromatic N) is 1. The van der Waals surface area contributed by atoms with Crippen molar-refractivity contribution in [2.45, 2.75) is 26.3 Å². The lowest BCUT2D eigenvalue weighted by atomic mass is 10.1. The fourth-order valence-corrected chi connectivity index (χ4v) is 1.86. The van der Waals surface area contributed by atoms with Crippen LogP contribution in [-0.2, 0) is 9.53 Å². The number of carbonyl (C=O) groups is 1. The molecule has 1 aliphatic rings. The molecule has 1 amide bonds. The van der Waals surface area contributed by atoms with Crippen LogP contribution in [0.5, 0.6) is 0 Å². The van der Waals surface area contributed by atoms with Crippen molar-refractivity contribution in [3.8, 4) is 0 Å². The highest BCUT2D eigenvalue weighted by Crippen LogP contribution is 2.05. The summed E-state index contributed by atoms with van der Waals surface area (Å²) < 4.78 is 5.34. The van der Waals surface area contributed by atoms with Gasteiger partial charge in [0.2, 0.25) is 5.91 Å². The van der Waals surface area contributed by atoms with Crippen LogP contribution in [0.1, 0.15) is 20.3 Å². The molecule has 0 aromatic heterocycles. The highest BCUT2D eigenvalue weighted by molar-refractivity contribution is 5.78. The van der Waals surface area contributed by atoms with Gasteiger partial charge in [-0.05, 0) is 12.3 Å². The lowest BCUT2D eigenvalue weighted by molar-refractivity contribution is -0.124. The van der Waals surface area contributed by atoms with E-state index in [1.54, 1.807) is 0 Å². The first-order chi connectivity index (χ1) is 8.13. The Morgan fingerprint density at radius 3 is 3.00 bits per heavy atom. The Kier molecular flexibility index (Phi) is 6.47. The minimum atomic E-state index is 0.0889. The van der Waals surface area contributed by atoms with E-state index in [0.717, 1.165) is 19.5 Å². The zero-order valence-electron chi connectivity index (χ0n) is 10.9. The predicted octanol–water partition coefficient (Wildman–Crippen LogP) is -0.192. The molecule has 1 aliphatic heterocycles. The van der Waals surface area contributed by atoms with Crippen molar-refractivity contribution >= 4 is 5.91 Å². The van der Waals surface area contributed by atoms with E-state index in [1.807, 2.05) is 0 Å². The summed E-state index contributed by atoms with van der Waals surface area (Å²) >= 11 is 0. The molecule has 5 nitrogen and oxygen atoms in total. The molecule has 1 fully saturated rings. The number of hydrogen-bond donors (Lipinski definition) is 2. The Morgan fingerprint density at radius 2 is 2.35 bits per heavy atom. The summed E-state index contributed by atoms with van der Waals surface area (Å²) in [5, 5.41) is 2.94. The molecule has 0 aromatic carbocycles. The molecule has 1 unspecified atom stereocenters. The Balaban J connectivity index is 2.24. The fraction of sp³-hybridized carbons (Fsp3) is 0.917. The third kappa shape index (κ3) is 5.48. The summed E-state index contributed by atoms with van der Waals surface area (Å²) in [6.45, 7) is 8.15. The molecule has 1 heterocycles. The topological polar surface area (TPSA) is 67.6 Å². The van der Waals surface area contributed by atoms with Crippen molar-refractivity contribution in [1.29, 1.82) is 0 Å². The molecule has 100 valence electrons. The van der Waals surface area contributed by atoms with Crippen molar-refractivity contribution in [3.63, 3.8) is 0 Å². The largest absolute Gasteiger partial charge is 0.378 e. The van der Waals surface area contributed by atoms with Gasteiger partial charge < -0.3 is 15.8 Å². The van der Waals surface area contributed by atoms with Gasteiger partial charge in [-0.3, -0.25) is 9.69 Å². The van der Waals surface area contributed by atoms with Gasteiger partial charge in [0.1, 0.15) is 0 Å². The van der Waals surface area contributed by atoms with Crippen molar-refractivity contribution < 1.29 is 9.53 Å². The maximum Gasteiger partial charge on any atom is 0.234 e. The van der Waals surface area contributed by atoms with Crippen molar-refractivity contribution in [2.24, 2.45) is 11.7 Å². The standard InChI is InChI=1S/C12H25N3O2/c1-10(2)3-4-14-12(16)8-15-5-6-17-9-11(15)7-13/h10-11H,3-9,13H2,1-2H3,(H,14,16). The second-order valence-electron chi connectivity index (χ2n) is 4.97. The molecule has 0 aliphatic carbocycles. The van der Waals surface area contributed by atoms with Gasteiger partial charge in [0.05, 0.1) is 19.8 Å². The summed E-state index contributed by atoms with van der Waals surface area (Å²) in [5.74, 6) is 0.710. The first kappa shape index (κ1) is 14.4. The van der Waals surface area contributed by atoms with Crippen LogP contribution in [0, 0.1) is 5.92 Å². The summed E-state index contributed by atoms with van der Waals surface area (Å²) in [5.41, 5.74) is 5.66. The Hall–Kier alpha value is -0.650. The number of amides is 1. The maximum atomic E-state index is 11.7. The van der Waals surface area contributed by atoms with E-state index < -0.39 is 0 Å². The third-order valence-electron chi connectivity index (χ3n) is 3.01. The SMILES string of the molecule is CC(C)CCNC(=O)CN1CCOCC1CN. The Morgan fingerprint density at radius 1 is 1.59 bits per heavy atom. The predicted molar refractivity (Wildman–Crippen MR) is 67.7 cm³/mol. The van der Waals surface area contributed by atoms with E-state index in [2.05, 4.69) is 24.1 Å². The zero-order valence-corrected chi connectivity index (χ0v) is 10.9. The van der Waals surface area contributed by atoms with E-state index >= 15 is 0 Å². The molecule has 1 atom stereocenters. The Bertz CT molecular complexity index is 234. The number of hydrogen-bond acceptors (Lipinski definition) is 4. The number of morpholine rings is 1. The van der Waals surface area contributed by atoms with E-state index in [1.165, 1.54) is 0 Å². The van der Waals surface area contributed by atoms with Crippen molar-refractivity contribution in [3.05, 3.63) is 0 Å². The zero-order chi connectivity index (χ0) is 12.7. The minimum Gasteiger partial charge on any atom is -0.378 e. The molecular formula is C12H25N3O2. The fourth-order valence-electron chi connectivity index (χ4n) is 1.86. The molecule has 0 bridgehead atoms. The number of ether oxygens (including phenoxy) is 1. The van der Waals surface area contributed by atoms with Gasteiger partial charge in [0.15, 0.2) is 0 Å². The molecule has 5 heteroatoms. The van der Waals surface area contributed by atoms with E-state index in [4.69, 9.17) is 10.5 Å². The number of nitrogens with one attached hydrogen (secondary N) is 1. The molecule has 1 rings (SSSR count). The van der Waals surface area contributed by atoms with Gasteiger partial charge in [0.25, 0.3) is 0 Å². The van der Waals surface area contributed by atoms with Crippen LogP contribution in [0.3, 0.4) is 0 Å². The molecule has 17 heavy (non-hydrogen) atoms. The summed E-state index contributed by atoms with van der Waals surface area (Å²) in [6.07, 6.45) is 1.02. The summed E-state index contributed by atoms with van der Waals surface area (Å²) in [4.78, 5) is 13.8.